The van der Waals surface area contributed by atoms with Crippen LogP contribution in [-0.2, 0) is 9.53 Å². The van der Waals surface area contributed by atoms with Crippen LogP contribution in [0.3, 0.4) is 0 Å². The highest BCUT2D eigenvalue weighted by atomic mass is 16.5. The van der Waals surface area contributed by atoms with E-state index < -0.39 is 16.9 Å². The molecule has 15 heavy (non-hydrogen) atoms. The summed E-state index contributed by atoms with van der Waals surface area (Å²) in [5.41, 5.74) is -1.18. The summed E-state index contributed by atoms with van der Waals surface area (Å²) in [5, 5.41) is 19.2. The van der Waals surface area contributed by atoms with Gasteiger partial charge in [0.15, 0.2) is 0 Å². The fourth-order valence-electron chi connectivity index (χ4n) is 1.51. The number of carbonyl (C=O) groups is 1. The van der Waals surface area contributed by atoms with Crippen molar-refractivity contribution in [1.29, 1.82) is 0 Å². The Kier molecular flexibility index (Phi) is 4.74. The van der Waals surface area contributed by atoms with Crippen LogP contribution >= 0.6 is 0 Å². The van der Waals surface area contributed by atoms with Gasteiger partial charge in [-0.05, 0) is 0 Å². The first kappa shape index (κ1) is 14.4. The number of aliphatic hydroxyl groups is 2. The highest BCUT2D eigenvalue weighted by molar-refractivity contribution is 5.65. The van der Waals surface area contributed by atoms with Gasteiger partial charge in [0, 0.05) is 17.8 Å². The maximum absolute atomic E-state index is 10.7. The smallest absolute Gasteiger partial charge is 0.302 e. The molecule has 0 fully saturated rings. The van der Waals surface area contributed by atoms with E-state index in [2.05, 4.69) is 0 Å². The van der Waals surface area contributed by atoms with Gasteiger partial charge in [0.25, 0.3) is 0 Å². The number of hydrogen-bond donors (Lipinski definition) is 2. The Labute approximate surface area is 91.3 Å². The van der Waals surface area contributed by atoms with E-state index in [9.17, 15) is 9.90 Å². The Morgan fingerprint density at radius 2 is 1.73 bits per heavy atom. The first-order valence-corrected chi connectivity index (χ1v) is 5.06. The minimum Gasteiger partial charge on any atom is -0.465 e. The van der Waals surface area contributed by atoms with E-state index in [0.29, 0.717) is 0 Å². The molecule has 1 atom stereocenters. The van der Waals surface area contributed by atoms with Gasteiger partial charge < -0.3 is 14.9 Å². The van der Waals surface area contributed by atoms with Crippen molar-refractivity contribution in [3.63, 3.8) is 0 Å². The van der Waals surface area contributed by atoms with Crippen molar-refractivity contribution < 1.29 is 19.7 Å². The molecule has 0 aliphatic rings. The maximum atomic E-state index is 10.7. The Bertz CT molecular complexity index is 221. The molecular formula is C11H22O4. The third-order valence-electron chi connectivity index (χ3n) is 2.54. The number of esters is 1. The Morgan fingerprint density at radius 3 is 2.07 bits per heavy atom. The van der Waals surface area contributed by atoms with Gasteiger partial charge in [-0.2, -0.15) is 0 Å². The topological polar surface area (TPSA) is 66.8 Å². The first-order chi connectivity index (χ1) is 6.63. The van der Waals surface area contributed by atoms with Crippen LogP contribution in [0.15, 0.2) is 0 Å². The summed E-state index contributed by atoms with van der Waals surface area (Å²) in [6, 6.07) is 0. The summed E-state index contributed by atoms with van der Waals surface area (Å²) in [6.07, 6.45) is -0.741. The summed E-state index contributed by atoms with van der Waals surface area (Å²) >= 11 is 0. The highest BCUT2D eigenvalue weighted by Gasteiger charge is 2.39. The third kappa shape index (κ3) is 4.18. The molecule has 1 unspecified atom stereocenters. The molecule has 0 saturated heterocycles. The van der Waals surface area contributed by atoms with Crippen LogP contribution in [0.25, 0.3) is 0 Å². The van der Waals surface area contributed by atoms with Gasteiger partial charge in [-0.25, -0.2) is 0 Å². The third-order valence-corrected chi connectivity index (χ3v) is 2.54. The predicted molar refractivity (Wildman–Crippen MR) is 57.3 cm³/mol. The van der Waals surface area contributed by atoms with Crippen LogP contribution in [0, 0.1) is 10.8 Å². The number of aliphatic hydroxyl groups excluding tert-OH is 2. The van der Waals surface area contributed by atoms with Crippen LogP contribution in [0.5, 0.6) is 0 Å². The number of hydrogen-bond acceptors (Lipinski definition) is 4. The molecule has 0 aromatic heterocycles. The summed E-state index contributed by atoms with van der Waals surface area (Å²) in [5.74, 6) is -0.364. The largest absolute Gasteiger partial charge is 0.465 e. The zero-order valence-corrected chi connectivity index (χ0v) is 10.2. The maximum Gasteiger partial charge on any atom is 0.302 e. The van der Waals surface area contributed by atoms with Gasteiger partial charge in [0.2, 0.25) is 0 Å². The molecule has 0 aromatic rings. The van der Waals surface area contributed by atoms with E-state index >= 15 is 0 Å². The predicted octanol–water partition coefficient (Wildman–Crippen LogP) is 0.955. The van der Waals surface area contributed by atoms with E-state index in [1.165, 1.54) is 6.92 Å². The van der Waals surface area contributed by atoms with Gasteiger partial charge in [-0.3, -0.25) is 4.79 Å². The molecule has 0 amide bonds. The summed E-state index contributed by atoms with van der Waals surface area (Å²) in [7, 11) is 0. The molecule has 0 spiro atoms. The van der Waals surface area contributed by atoms with Gasteiger partial charge in [-0.1, -0.05) is 27.7 Å². The Morgan fingerprint density at radius 1 is 1.27 bits per heavy atom. The minimum absolute atomic E-state index is 0.113. The van der Waals surface area contributed by atoms with Gasteiger partial charge in [0.1, 0.15) is 0 Å². The lowest BCUT2D eigenvalue weighted by molar-refractivity contribution is -0.150. The normalized spacial score (nSPS) is 14.9. The van der Waals surface area contributed by atoms with E-state index in [0.717, 1.165) is 0 Å². The molecule has 0 bridgehead atoms. The highest BCUT2D eigenvalue weighted by Crippen LogP contribution is 2.34. The molecule has 0 radical (unpaired) electrons. The number of carbonyl (C=O) groups excluding carboxylic acids is 1. The van der Waals surface area contributed by atoms with Gasteiger partial charge in [-0.15, -0.1) is 0 Å². The lowest BCUT2D eigenvalue weighted by atomic mass is 9.73. The quantitative estimate of drug-likeness (QED) is 0.674. The van der Waals surface area contributed by atoms with E-state index in [1.807, 2.05) is 0 Å². The monoisotopic (exact) mass is 218 g/mol. The van der Waals surface area contributed by atoms with Crippen molar-refractivity contribution in [2.45, 2.75) is 40.7 Å². The standard InChI is InChI=1S/C11H22O4/c1-8(13)15-7-11(4,5)9(14)10(2,3)6-12/h9,12,14H,6-7H2,1-5H3. The second-order valence-electron chi connectivity index (χ2n) is 5.32. The van der Waals surface area contributed by atoms with Gasteiger partial charge in [0.05, 0.1) is 19.3 Å². The molecule has 0 aliphatic carbocycles. The van der Waals surface area contributed by atoms with E-state index in [4.69, 9.17) is 9.84 Å². The molecule has 0 saturated carbocycles. The van der Waals surface area contributed by atoms with Crippen LogP contribution < -0.4 is 0 Å². The summed E-state index contributed by atoms with van der Waals surface area (Å²) < 4.78 is 4.89. The zero-order chi connectivity index (χ0) is 12.3. The summed E-state index contributed by atoms with van der Waals surface area (Å²) in [4.78, 5) is 10.7. The lowest BCUT2D eigenvalue weighted by Crippen LogP contribution is -2.46. The fraction of sp³-hybridized carbons (Fsp3) is 0.909. The van der Waals surface area contributed by atoms with Crippen molar-refractivity contribution in [3.8, 4) is 0 Å². The first-order valence-electron chi connectivity index (χ1n) is 5.06. The van der Waals surface area contributed by atoms with E-state index in [1.54, 1.807) is 27.7 Å². The van der Waals surface area contributed by atoms with Crippen molar-refractivity contribution in [2.75, 3.05) is 13.2 Å². The number of rotatable bonds is 5. The average Bonchev–Trinajstić information content (AvgIpc) is 2.13. The fourth-order valence-corrected chi connectivity index (χ4v) is 1.51. The van der Waals surface area contributed by atoms with Gasteiger partial charge >= 0.3 is 5.97 Å². The molecular weight excluding hydrogens is 196 g/mol. The van der Waals surface area contributed by atoms with Crippen LogP contribution in [-0.4, -0.2) is 35.5 Å². The lowest BCUT2D eigenvalue weighted by Gasteiger charge is -2.39. The molecule has 0 heterocycles. The SMILES string of the molecule is CC(=O)OCC(C)(C)C(O)C(C)(C)CO. The van der Waals surface area contributed by atoms with Crippen molar-refractivity contribution >= 4 is 5.97 Å². The second-order valence-corrected chi connectivity index (χ2v) is 5.32. The molecule has 2 N–H and O–H groups in total. The van der Waals surface area contributed by atoms with Crippen LogP contribution in [0.4, 0.5) is 0 Å². The second kappa shape index (κ2) is 4.94. The van der Waals surface area contributed by atoms with Crippen molar-refractivity contribution in [2.24, 2.45) is 10.8 Å². The molecule has 0 aliphatic heterocycles. The summed E-state index contributed by atoms with van der Waals surface area (Å²) in [6.45, 7) is 8.51. The zero-order valence-electron chi connectivity index (χ0n) is 10.2. The van der Waals surface area contributed by atoms with Crippen molar-refractivity contribution in [1.82, 2.24) is 0 Å². The van der Waals surface area contributed by atoms with Crippen LogP contribution in [0.1, 0.15) is 34.6 Å². The Hall–Kier alpha value is -0.610. The van der Waals surface area contributed by atoms with E-state index in [-0.39, 0.29) is 19.2 Å². The Balaban J connectivity index is 4.50. The molecule has 90 valence electrons. The molecule has 4 nitrogen and oxygen atoms in total. The molecule has 0 rings (SSSR count). The van der Waals surface area contributed by atoms with Crippen LogP contribution in [0.2, 0.25) is 0 Å². The number of ether oxygens (including phenoxy) is 1. The minimum atomic E-state index is -0.741. The molecule has 0 aromatic carbocycles. The molecule has 4 heteroatoms. The average molecular weight is 218 g/mol. The van der Waals surface area contributed by atoms with Crippen molar-refractivity contribution in [3.05, 3.63) is 0 Å².